The largest absolute Gasteiger partial charge is 0.284 e. The highest BCUT2D eigenvalue weighted by Gasteiger charge is 2.18. The molecule has 0 radical (unpaired) electrons. The van der Waals surface area contributed by atoms with E-state index in [9.17, 15) is 0 Å². The predicted octanol–water partition coefficient (Wildman–Crippen LogP) is 2.22. The smallest absolute Gasteiger partial charge is 0.0993 e. The van der Waals surface area contributed by atoms with Gasteiger partial charge in [-0.15, -0.1) is 11.8 Å². The minimum absolute atomic E-state index is 0.362. The van der Waals surface area contributed by atoms with Crippen LogP contribution in [0.15, 0.2) is 27.5 Å². The Hall–Kier alpha value is -0.500. The first-order valence-electron chi connectivity index (χ1n) is 3.44. The maximum absolute atomic E-state index is 4.37. The van der Waals surface area contributed by atoms with E-state index in [-0.39, 0.29) is 0 Å². The molecule has 2 unspecified atom stereocenters. The minimum Gasteiger partial charge on any atom is -0.284 e. The molecule has 2 aliphatic rings. The molecule has 10 heavy (non-hydrogen) atoms. The van der Waals surface area contributed by atoms with Gasteiger partial charge in [0.25, 0.3) is 0 Å². The van der Waals surface area contributed by atoms with Crippen LogP contribution < -0.4 is 0 Å². The molecule has 2 heterocycles. The summed E-state index contributed by atoms with van der Waals surface area (Å²) in [5.41, 5.74) is 0. The van der Waals surface area contributed by atoms with Gasteiger partial charge < -0.3 is 0 Å². The standard InChI is InChI=1S/C8H9NS/c1-6-4-8-7(9-5-6)2-3-10-8/h2-7H,1H3. The number of rotatable bonds is 0. The van der Waals surface area contributed by atoms with E-state index in [1.807, 2.05) is 6.21 Å². The maximum Gasteiger partial charge on any atom is 0.0993 e. The van der Waals surface area contributed by atoms with Crippen molar-refractivity contribution in [3.8, 4) is 0 Å². The molecule has 0 saturated heterocycles. The topological polar surface area (TPSA) is 12.4 Å². The van der Waals surface area contributed by atoms with Crippen LogP contribution in [0.2, 0.25) is 0 Å². The number of aliphatic imine (C=N–C) groups is 1. The van der Waals surface area contributed by atoms with Gasteiger partial charge in [-0.1, -0.05) is 13.0 Å². The van der Waals surface area contributed by atoms with Crippen LogP contribution >= 0.6 is 11.8 Å². The SMILES string of the molecule is CC1C=NC2C=CSC2=C1. The second kappa shape index (κ2) is 2.27. The third-order valence-corrected chi connectivity index (χ3v) is 2.61. The van der Waals surface area contributed by atoms with E-state index in [2.05, 4.69) is 29.5 Å². The molecule has 2 heteroatoms. The number of fused-ring (bicyclic) bond motifs is 1. The normalized spacial score (nSPS) is 35.9. The summed E-state index contributed by atoms with van der Waals surface area (Å²) >= 11 is 1.80. The van der Waals surface area contributed by atoms with Crippen LogP contribution in [0.25, 0.3) is 0 Å². The molecule has 0 saturated carbocycles. The first kappa shape index (κ1) is 6.23. The number of allylic oxidation sites excluding steroid dienone is 1. The highest BCUT2D eigenvalue weighted by Crippen LogP contribution is 2.33. The molecule has 0 aromatic heterocycles. The molecular weight excluding hydrogens is 142 g/mol. The zero-order chi connectivity index (χ0) is 6.97. The second-order valence-corrected chi connectivity index (χ2v) is 3.60. The second-order valence-electron chi connectivity index (χ2n) is 2.62. The van der Waals surface area contributed by atoms with Crippen molar-refractivity contribution in [2.75, 3.05) is 0 Å². The molecule has 0 aromatic carbocycles. The van der Waals surface area contributed by atoms with Crippen LogP contribution in [0.5, 0.6) is 0 Å². The van der Waals surface area contributed by atoms with Crippen molar-refractivity contribution in [2.24, 2.45) is 10.9 Å². The van der Waals surface area contributed by atoms with Crippen LogP contribution in [0, 0.1) is 5.92 Å². The third-order valence-electron chi connectivity index (χ3n) is 1.67. The summed E-state index contributed by atoms with van der Waals surface area (Å²) in [5.74, 6) is 0.527. The molecule has 0 fully saturated rings. The highest BCUT2D eigenvalue weighted by atomic mass is 32.2. The van der Waals surface area contributed by atoms with Crippen molar-refractivity contribution in [1.82, 2.24) is 0 Å². The van der Waals surface area contributed by atoms with Gasteiger partial charge in [0.05, 0.1) is 6.04 Å². The van der Waals surface area contributed by atoms with Gasteiger partial charge >= 0.3 is 0 Å². The van der Waals surface area contributed by atoms with E-state index >= 15 is 0 Å². The molecule has 0 aromatic rings. The molecule has 2 rings (SSSR count). The lowest BCUT2D eigenvalue weighted by Crippen LogP contribution is -2.08. The Morgan fingerprint density at radius 2 is 2.50 bits per heavy atom. The average Bonchev–Trinajstić information content (AvgIpc) is 2.33. The van der Waals surface area contributed by atoms with E-state index < -0.39 is 0 Å². The van der Waals surface area contributed by atoms with Crippen molar-refractivity contribution in [1.29, 1.82) is 0 Å². The Labute approximate surface area is 64.9 Å². The zero-order valence-corrected chi connectivity index (χ0v) is 6.64. The van der Waals surface area contributed by atoms with Gasteiger partial charge in [0.2, 0.25) is 0 Å². The lowest BCUT2D eigenvalue weighted by molar-refractivity contribution is 0.907. The van der Waals surface area contributed by atoms with Gasteiger partial charge in [-0.25, -0.2) is 0 Å². The Morgan fingerprint density at radius 1 is 1.60 bits per heavy atom. The molecule has 0 bridgehead atoms. The molecule has 2 aliphatic heterocycles. The number of hydrogen-bond acceptors (Lipinski definition) is 2. The highest BCUT2D eigenvalue weighted by molar-refractivity contribution is 8.06. The Kier molecular flexibility index (Phi) is 1.42. The fourth-order valence-electron chi connectivity index (χ4n) is 1.15. The number of nitrogens with zero attached hydrogens (tertiary/aromatic N) is 1. The summed E-state index contributed by atoms with van der Waals surface area (Å²) < 4.78 is 0. The van der Waals surface area contributed by atoms with Gasteiger partial charge in [-0.2, -0.15) is 0 Å². The fraction of sp³-hybridized carbons (Fsp3) is 0.375. The van der Waals surface area contributed by atoms with E-state index in [0.717, 1.165) is 0 Å². The first-order valence-corrected chi connectivity index (χ1v) is 4.32. The number of thioether (sulfide) groups is 1. The van der Waals surface area contributed by atoms with E-state index in [1.54, 1.807) is 11.8 Å². The minimum atomic E-state index is 0.362. The van der Waals surface area contributed by atoms with Gasteiger partial charge in [0.1, 0.15) is 0 Å². The van der Waals surface area contributed by atoms with Crippen molar-refractivity contribution < 1.29 is 0 Å². The number of dihydropyridines is 1. The predicted molar refractivity (Wildman–Crippen MR) is 46.3 cm³/mol. The van der Waals surface area contributed by atoms with Crippen molar-refractivity contribution in [3.63, 3.8) is 0 Å². The summed E-state index contributed by atoms with van der Waals surface area (Å²) in [7, 11) is 0. The van der Waals surface area contributed by atoms with Crippen LogP contribution in [0.4, 0.5) is 0 Å². The van der Waals surface area contributed by atoms with E-state index in [0.29, 0.717) is 12.0 Å². The molecule has 2 atom stereocenters. The van der Waals surface area contributed by atoms with Crippen molar-refractivity contribution in [3.05, 3.63) is 22.5 Å². The lowest BCUT2D eigenvalue weighted by Gasteiger charge is -2.12. The lowest BCUT2D eigenvalue weighted by atomic mass is 10.1. The summed E-state index contributed by atoms with van der Waals surface area (Å²) in [4.78, 5) is 5.77. The Bertz CT molecular complexity index is 227. The molecule has 0 amide bonds. The molecule has 0 spiro atoms. The van der Waals surface area contributed by atoms with Crippen molar-refractivity contribution in [2.45, 2.75) is 13.0 Å². The molecule has 52 valence electrons. The van der Waals surface area contributed by atoms with Crippen LogP contribution in [0.3, 0.4) is 0 Å². The average molecular weight is 151 g/mol. The zero-order valence-electron chi connectivity index (χ0n) is 5.82. The summed E-state index contributed by atoms with van der Waals surface area (Å²) in [6.07, 6.45) is 6.44. The van der Waals surface area contributed by atoms with Gasteiger partial charge in [-0.3, -0.25) is 4.99 Å². The molecule has 0 N–H and O–H groups in total. The monoisotopic (exact) mass is 151 g/mol. The molecule has 1 nitrogen and oxygen atoms in total. The Morgan fingerprint density at radius 3 is 3.40 bits per heavy atom. The van der Waals surface area contributed by atoms with Gasteiger partial charge in [0.15, 0.2) is 0 Å². The van der Waals surface area contributed by atoms with Crippen LogP contribution in [-0.4, -0.2) is 12.3 Å². The van der Waals surface area contributed by atoms with E-state index in [1.165, 1.54) is 4.91 Å². The van der Waals surface area contributed by atoms with Gasteiger partial charge in [-0.05, 0) is 11.5 Å². The van der Waals surface area contributed by atoms with Gasteiger partial charge in [0, 0.05) is 17.0 Å². The van der Waals surface area contributed by atoms with Crippen LogP contribution in [0.1, 0.15) is 6.92 Å². The summed E-state index contributed by atoms with van der Waals surface area (Å²) in [6, 6.07) is 0.362. The fourth-order valence-corrected chi connectivity index (χ4v) is 2.11. The Balaban J connectivity index is 2.27. The molecular formula is C8H9NS. The van der Waals surface area contributed by atoms with E-state index in [4.69, 9.17) is 0 Å². The first-order chi connectivity index (χ1) is 4.86. The summed E-state index contributed by atoms with van der Waals surface area (Å²) in [5, 5.41) is 2.12. The number of hydrogen-bond donors (Lipinski definition) is 0. The van der Waals surface area contributed by atoms with Crippen LogP contribution in [-0.2, 0) is 0 Å². The van der Waals surface area contributed by atoms with Crippen molar-refractivity contribution >= 4 is 18.0 Å². The maximum atomic E-state index is 4.37. The summed E-state index contributed by atoms with van der Waals surface area (Å²) in [6.45, 7) is 2.16. The molecule has 0 aliphatic carbocycles. The quantitative estimate of drug-likeness (QED) is 0.517. The third kappa shape index (κ3) is 0.926.